The first-order valence-electron chi connectivity index (χ1n) is 16.3. The number of aromatic nitrogens is 3. The third-order valence-electron chi connectivity index (χ3n) is 8.36. The van der Waals surface area contributed by atoms with Crippen LogP contribution in [-0.4, -0.2) is 82.8 Å². The fraction of sp³-hybridized carbons (Fsp3) is 0.559. The molecule has 280 valence electrons. The molecule has 17 heteroatoms. The van der Waals surface area contributed by atoms with Gasteiger partial charge < -0.3 is 33.9 Å². The SMILES string of the molecule is COC(C)(C)COC(=O)[C@H](C)NP(=O)(OC[C@H]1O[C@@](C)(c2ccc3c(N)ncnn23)[C@H](OC(C)=O)[C@@H]1OC(C)=O)Oc1ccc(C(C)(C)C)cc1. The second-order valence-electron chi connectivity index (χ2n) is 14.1. The minimum Gasteiger partial charge on any atom is -0.461 e. The molecule has 51 heavy (non-hydrogen) atoms. The van der Waals surface area contributed by atoms with E-state index in [-0.39, 0.29) is 23.6 Å². The monoisotopic (exact) mass is 733 g/mol. The maximum absolute atomic E-state index is 14.5. The Bertz CT molecular complexity index is 1770. The van der Waals surface area contributed by atoms with Gasteiger partial charge in [0.15, 0.2) is 18.0 Å². The van der Waals surface area contributed by atoms with E-state index in [2.05, 4.69) is 15.2 Å². The summed E-state index contributed by atoms with van der Waals surface area (Å²) in [7, 11) is -2.95. The molecule has 1 aliphatic rings. The molecule has 4 rings (SSSR count). The summed E-state index contributed by atoms with van der Waals surface area (Å²) in [5, 5.41) is 6.95. The Kier molecular flexibility index (Phi) is 11.9. The van der Waals surface area contributed by atoms with Gasteiger partial charge in [-0.25, -0.2) is 14.1 Å². The molecule has 1 aromatic carbocycles. The predicted molar refractivity (Wildman–Crippen MR) is 185 cm³/mol. The third kappa shape index (κ3) is 9.43. The minimum atomic E-state index is -4.44. The fourth-order valence-corrected chi connectivity index (χ4v) is 6.95. The summed E-state index contributed by atoms with van der Waals surface area (Å²) in [6.45, 7) is 14.5. The van der Waals surface area contributed by atoms with E-state index in [4.69, 9.17) is 38.5 Å². The quantitative estimate of drug-likeness (QED) is 0.135. The summed E-state index contributed by atoms with van der Waals surface area (Å²) in [5.41, 5.74) is 5.49. The lowest BCUT2D eigenvalue weighted by atomic mass is 9.87. The molecule has 3 heterocycles. The number of nitrogen functional groups attached to an aromatic ring is 1. The van der Waals surface area contributed by atoms with E-state index in [1.54, 1.807) is 45.0 Å². The number of carbonyl (C=O) groups is 3. The van der Waals surface area contributed by atoms with E-state index in [1.165, 1.54) is 38.7 Å². The van der Waals surface area contributed by atoms with Crippen LogP contribution in [0.25, 0.3) is 5.52 Å². The number of carbonyl (C=O) groups excluding carboxylic acids is 3. The van der Waals surface area contributed by atoms with Crippen molar-refractivity contribution in [2.75, 3.05) is 26.1 Å². The number of esters is 3. The minimum absolute atomic E-state index is 0.0737. The zero-order chi connectivity index (χ0) is 37.9. The van der Waals surface area contributed by atoms with Crippen LogP contribution in [0.3, 0.4) is 0 Å². The summed E-state index contributed by atoms with van der Waals surface area (Å²) >= 11 is 0. The standard InChI is InChI=1S/C34H48N5O11P/c1-20(31(42)45-18-33(7,8)44-10)38-51(43,50-24-13-11-23(12-14-24)32(4,5)6)46-17-26-28(47-21(2)40)29(48-22(3)41)34(9,49-26)27-16-15-25-30(35)36-19-37-39(25)27/h11-16,19-20,26,28-29H,17-18H2,1-10H3,(H,38,43)(H2,35,36,37)/t20-,26+,28+,29+,34-,51?/m0/s1. The second-order valence-corrected chi connectivity index (χ2v) is 15.8. The zero-order valence-electron chi connectivity index (χ0n) is 30.6. The Morgan fingerprint density at radius 2 is 1.71 bits per heavy atom. The van der Waals surface area contributed by atoms with Crippen molar-refractivity contribution < 1.29 is 51.7 Å². The van der Waals surface area contributed by atoms with E-state index in [0.717, 1.165) is 5.56 Å². The number of fused-ring (bicyclic) bond motifs is 1. The van der Waals surface area contributed by atoms with E-state index in [9.17, 15) is 18.9 Å². The van der Waals surface area contributed by atoms with Gasteiger partial charge in [0.05, 0.1) is 17.9 Å². The molecule has 1 saturated heterocycles. The van der Waals surface area contributed by atoms with E-state index < -0.39 is 67.8 Å². The summed E-state index contributed by atoms with van der Waals surface area (Å²) in [6.07, 6.45) is -2.40. The number of anilines is 1. The predicted octanol–water partition coefficient (Wildman–Crippen LogP) is 4.24. The van der Waals surface area contributed by atoms with Crippen molar-refractivity contribution in [2.24, 2.45) is 0 Å². The number of rotatable bonds is 14. The molecule has 0 bridgehead atoms. The number of benzene rings is 1. The number of ether oxygens (including phenoxy) is 5. The van der Waals surface area contributed by atoms with Crippen LogP contribution in [0.4, 0.5) is 5.82 Å². The summed E-state index contributed by atoms with van der Waals surface area (Å²) in [4.78, 5) is 41.8. The van der Waals surface area contributed by atoms with Gasteiger partial charge in [0.2, 0.25) is 0 Å². The van der Waals surface area contributed by atoms with Crippen LogP contribution in [0.15, 0.2) is 42.7 Å². The number of hydrogen-bond donors (Lipinski definition) is 2. The van der Waals surface area contributed by atoms with Crippen LogP contribution >= 0.6 is 7.75 Å². The molecule has 1 aliphatic heterocycles. The van der Waals surface area contributed by atoms with Gasteiger partial charge in [-0.15, -0.1) is 0 Å². The first-order valence-corrected chi connectivity index (χ1v) is 17.9. The average Bonchev–Trinajstić information content (AvgIpc) is 3.59. The highest BCUT2D eigenvalue weighted by molar-refractivity contribution is 7.52. The Morgan fingerprint density at radius 1 is 1.06 bits per heavy atom. The highest BCUT2D eigenvalue weighted by Gasteiger charge is 2.59. The second kappa shape index (κ2) is 15.3. The first-order chi connectivity index (χ1) is 23.7. The number of nitrogens with two attached hydrogens (primary N) is 1. The Balaban J connectivity index is 1.68. The molecule has 6 atom stereocenters. The van der Waals surface area contributed by atoms with Crippen LogP contribution in [-0.2, 0) is 58.2 Å². The normalized spacial score (nSPS) is 22.6. The first kappa shape index (κ1) is 39.7. The van der Waals surface area contributed by atoms with E-state index >= 15 is 0 Å². The van der Waals surface area contributed by atoms with Gasteiger partial charge in [0, 0.05) is 21.0 Å². The summed E-state index contributed by atoms with van der Waals surface area (Å²) in [6, 6.07) is 9.08. The van der Waals surface area contributed by atoms with Crippen LogP contribution in [0.2, 0.25) is 0 Å². The molecule has 3 N–H and O–H groups in total. The Hall–Kier alpha value is -4.08. The number of nitrogens with zero attached hydrogens (tertiary/aromatic N) is 3. The van der Waals surface area contributed by atoms with Gasteiger partial charge >= 0.3 is 25.7 Å². The molecule has 1 fully saturated rings. The number of hydrogen-bond acceptors (Lipinski definition) is 14. The number of methoxy groups -OCH3 is 1. The maximum atomic E-state index is 14.5. The van der Waals surface area contributed by atoms with Crippen molar-refractivity contribution >= 4 is 37.0 Å². The molecule has 1 unspecified atom stereocenters. The summed E-state index contributed by atoms with van der Waals surface area (Å²) < 4.78 is 56.5. The zero-order valence-corrected chi connectivity index (χ0v) is 31.5. The lowest BCUT2D eigenvalue weighted by molar-refractivity contribution is -0.168. The Morgan fingerprint density at radius 3 is 2.29 bits per heavy atom. The molecular weight excluding hydrogens is 685 g/mol. The lowest BCUT2D eigenvalue weighted by Crippen LogP contribution is -2.45. The highest BCUT2D eigenvalue weighted by Crippen LogP contribution is 2.48. The van der Waals surface area contributed by atoms with Crippen LogP contribution in [0.1, 0.15) is 73.6 Å². The molecule has 16 nitrogen and oxygen atoms in total. The smallest absolute Gasteiger partial charge is 0.459 e. The van der Waals surface area contributed by atoms with Gasteiger partial charge in [-0.1, -0.05) is 32.9 Å². The molecular formula is C34H48N5O11P. The molecule has 0 amide bonds. The van der Waals surface area contributed by atoms with Gasteiger partial charge in [-0.05, 0) is 62.9 Å². The van der Waals surface area contributed by atoms with E-state index in [1.807, 2.05) is 32.9 Å². The number of nitrogens with one attached hydrogen (secondary N) is 1. The lowest BCUT2D eigenvalue weighted by Gasteiger charge is -2.30. The molecule has 0 radical (unpaired) electrons. The van der Waals surface area contributed by atoms with Crippen molar-refractivity contribution in [3.8, 4) is 5.75 Å². The van der Waals surface area contributed by atoms with Crippen LogP contribution in [0.5, 0.6) is 5.75 Å². The van der Waals surface area contributed by atoms with Gasteiger partial charge in [0.1, 0.15) is 41.9 Å². The van der Waals surface area contributed by atoms with Crippen LogP contribution < -0.4 is 15.3 Å². The van der Waals surface area contributed by atoms with Gasteiger partial charge in [-0.3, -0.25) is 18.9 Å². The van der Waals surface area contributed by atoms with Crippen molar-refractivity contribution in [3.05, 3.63) is 54.0 Å². The molecule has 0 aliphatic carbocycles. The highest BCUT2D eigenvalue weighted by atomic mass is 31.2. The molecule has 2 aromatic heterocycles. The third-order valence-corrected chi connectivity index (χ3v) is 10.0. The largest absolute Gasteiger partial charge is 0.461 e. The Labute approximate surface area is 297 Å². The average molecular weight is 734 g/mol. The van der Waals surface area contributed by atoms with Crippen molar-refractivity contribution in [3.63, 3.8) is 0 Å². The molecule has 0 saturated carbocycles. The molecule has 0 spiro atoms. The van der Waals surface area contributed by atoms with Crippen molar-refractivity contribution in [2.45, 2.75) is 103 Å². The van der Waals surface area contributed by atoms with Gasteiger partial charge in [-0.2, -0.15) is 10.2 Å². The van der Waals surface area contributed by atoms with Crippen LogP contribution in [0, 0.1) is 0 Å². The van der Waals surface area contributed by atoms with Crippen molar-refractivity contribution in [1.29, 1.82) is 0 Å². The molecule has 3 aromatic rings. The van der Waals surface area contributed by atoms with Gasteiger partial charge in [0.25, 0.3) is 0 Å². The van der Waals surface area contributed by atoms with Crippen molar-refractivity contribution in [1.82, 2.24) is 19.7 Å². The topological polar surface area (TPSA) is 201 Å². The van der Waals surface area contributed by atoms with E-state index in [0.29, 0.717) is 11.2 Å². The fourth-order valence-electron chi connectivity index (χ4n) is 5.44. The summed E-state index contributed by atoms with van der Waals surface area (Å²) in [5.74, 6) is -1.75. The maximum Gasteiger partial charge on any atom is 0.459 e.